The van der Waals surface area contributed by atoms with E-state index in [0.29, 0.717) is 36.6 Å². The number of hydrogen-bond acceptors (Lipinski definition) is 2. The van der Waals surface area contributed by atoms with Gasteiger partial charge in [0.15, 0.2) is 0 Å². The minimum Gasteiger partial charge on any atom is -0.380 e. The van der Waals surface area contributed by atoms with Crippen LogP contribution in [0.15, 0.2) is 42.5 Å². The van der Waals surface area contributed by atoms with Gasteiger partial charge in [-0.2, -0.15) is 13.2 Å². The van der Waals surface area contributed by atoms with Crippen molar-refractivity contribution >= 4 is 11.0 Å². The summed E-state index contributed by atoms with van der Waals surface area (Å²) in [6.45, 7) is 5.46. The molecular weight excluding hydrogens is 329 g/mol. The zero-order chi connectivity index (χ0) is 18.0. The summed E-state index contributed by atoms with van der Waals surface area (Å²) in [7, 11) is 0. The predicted octanol–water partition coefficient (Wildman–Crippen LogP) is 5.07. The third-order valence-electron chi connectivity index (χ3n) is 4.12. The van der Waals surface area contributed by atoms with Gasteiger partial charge >= 0.3 is 6.18 Å². The molecule has 0 bridgehead atoms. The summed E-state index contributed by atoms with van der Waals surface area (Å²) in [4.78, 5) is 4.50. The number of nitrogens with zero attached hydrogens (tertiary/aromatic N) is 2. The summed E-state index contributed by atoms with van der Waals surface area (Å²) < 4.78 is 46.4. The number of hydrogen-bond donors (Lipinski definition) is 0. The Balaban J connectivity index is 2.16. The van der Waals surface area contributed by atoms with Crippen LogP contribution in [0.1, 0.15) is 18.1 Å². The highest BCUT2D eigenvalue weighted by molar-refractivity contribution is 5.82. The van der Waals surface area contributed by atoms with Crippen molar-refractivity contribution in [2.45, 2.75) is 26.6 Å². The Bertz CT molecular complexity index is 884. The van der Waals surface area contributed by atoms with E-state index in [1.54, 1.807) is 0 Å². The van der Waals surface area contributed by atoms with Crippen LogP contribution in [0.25, 0.3) is 22.4 Å². The fraction of sp³-hybridized carbons (Fsp3) is 0.316. The van der Waals surface area contributed by atoms with E-state index in [9.17, 15) is 13.2 Å². The lowest BCUT2D eigenvalue weighted by molar-refractivity contribution is -0.137. The Morgan fingerprint density at radius 3 is 2.56 bits per heavy atom. The van der Waals surface area contributed by atoms with Crippen molar-refractivity contribution in [2.75, 3.05) is 13.2 Å². The molecule has 0 aliphatic carbocycles. The highest BCUT2D eigenvalue weighted by atomic mass is 19.4. The van der Waals surface area contributed by atoms with Crippen LogP contribution in [0.3, 0.4) is 0 Å². The van der Waals surface area contributed by atoms with Crippen LogP contribution in [-0.4, -0.2) is 22.8 Å². The molecule has 0 amide bonds. The maximum atomic E-state index is 13.0. The molecule has 0 saturated carbocycles. The van der Waals surface area contributed by atoms with Gasteiger partial charge in [-0.15, -0.1) is 0 Å². The fourth-order valence-corrected chi connectivity index (χ4v) is 2.86. The van der Waals surface area contributed by atoms with E-state index in [2.05, 4.69) is 4.98 Å². The molecule has 132 valence electrons. The molecule has 0 N–H and O–H groups in total. The van der Waals surface area contributed by atoms with Crippen LogP contribution in [-0.2, 0) is 17.5 Å². The molecule has 1 aromatic heterocycles. The van der Waals surface area contributed by atoms with Crippen LogP contribution in [0.5, 0.6) is 0 Å². The van der Waals surface area contributed by atoms with Crippen molar-refractivity contribution < 1.29 is 17.9 Å². The summed E-state index contributed by atoms with van der Waals surface area (Å²) in [5.74, 6) is 0.659. The second kappa shape index (κ2) is 6.88. The highest BCUT2D eigenvalue weighted by Gasteiger charge is 2.31. The van der Waals surface area contributed by atoms with Crippen molar-refractivity contribution in [3.05, 3.63) is 53.6 Å². The first kappa shape index (κ1) is 17.5. The molecule has 3 aromatic rings. The molecule has 0 aliphatic rings. The van der Waals surface area contributed by atoms with Gasteiger partial charge in [0.1, 0.15) is 5.82 Å². The predicted molar refractivity (Wildman–Crippen MR) is 91.4 cm³/mol. The zero-order valence-electron chi connectivity index (χ0n) is 14.1. The zero-order valence-corrected chi connectivity index (χ0v) is 14.1. The number of halogens is 3. The normalized spacial score (nSPS) is 12.0. The largest absolute Gasteiger partial charge is 0.416 e. The van der Waals surface area contributed by atoms with Gasteiger partial charge in [-0.1, -0.05) is 24.3 Å². The number of alkyl halides is 3. The number of benzene rings is 2. The lowest BCUT2D eigenvalue weighted by Gasteiger charge is -2.11. The Kier molecular flexibility index (Phi) is 4.81. The molecule has 0 radical (unpaired) electrons. The van der Waals surface area contributed by atoms with E-state index < -0.39 is 11.7 Å². The minimum absolute atomic E-state index is 0.338. The Morgan fingerprint density at radius 1 is 1.12 bits per heavy atom. The first-order chi connectivity index (χ1) is 11.9. The van der Waals surface area contributed by atoms with Crippen molar-refractivity contribution in [3.63, 3.8) is 0 Å². The van der Waals surface area contributed by atoms with Gasteiger partial charge in [-0.05, 0) is 37.6 Å². The number of aryl methyl sites for hydroxylation is 1. The maximum Gasteiger partial charge on any atom is 0.416 e. The summed E-state index contributed by atoms with van der Waals surface area (Å²) in [5.41, 5.74) is 2.25. The molecule has 2 aromatic carbocycles. The number of rotatable bonds is 5. The van der Waals surface area contributed by atoms with Gasteiger partial charge in [0.2, 0.25) is 0 Å². The van der Waals surface area contributed by atoms with E-state index >= 15 is 0 Å². The molecular formula is C19H19F3N2O. The highest BCUT2D eigenvalue weighted by Crippen LogP contribution is 2.33. The molecule has 25 heavy (non-hydrogen) atoms. The minimum atomic E-state index is -4.38. The number of ether oxygens (including phenoxy) is 1. The van der Waals surface area contributed by atoms with Crippen LogP contribution >= 0.6 is 0 Å². The average molecular weight is 348 g/mol. The molecule has 1 heterocycles. The molecule has 3 rings (SSSR count). The SMILES string of the molecule is CCOCCn1c(-c2ccccc2C)nc2cc(C(F)(F)F)ccc21. The number of aromatic nitrogens is 2. The lowest BCUT2D eigenvalue weighted by atomic mass is 10.1. The quantitative estimate of drug-likeness (QED) is 0.602. The number of imidazole rings is 1. The van der Waals surface area contributed by atoms with E-state index in [1.165, 1.54) is 6.07 Å². The van der Waals surface area contributed by atoms with Crippen LogP contribution in [0.2, 0.25) is 0 Å². The molecule has 0 spiro atoms. The van der Waals surface area contributed by atoms with Crippen molar-refractivity contribution in [3.8, 4) is 11.4 Å². The standard InChI is InChI=1S/C19H19F3N2O/c1-3-25-11-10-24-17-9-8-14(19(20,21)22)12-16(17)23-18(24)15-7-5-4-6-13(15)2/h4-9,12H,3,10-11H2,1-2H3. The van der Waals surface area contributed by atoms with Gasteiger partial charge in [0.05, 0.1) is 23.2 Å². The number of fused-ring (bicyclic) bond motifs is 1. The third-order valence-corrected chi connectivity index (χ3v) is 4.12. The molecule has 0 saturated heterocycles. The van der Waals surface area contributed by atoms with E-state index in [1.807, 2.05) is 42.7 Å². The van der Waals surface area contributed by atoms with Gasteiger partial charge in [-0.25, -0.2) is 4.98 Å². The van der Waals surface area contributed by atoms with E-state index in [4.69, 9.17) is 4.74 Å². The lowest BCUT2D eigenvalue weighted by Crippen LogP contribution is -2.08. The van der Waals surface area contributed by atoms with Crippen LogP contribution in [0.4, 0.5) is 13.2 Å². The Labute approximate surface area is 144 Å². The van der Waals surface area contributed by atoms with Gasteiger partial charge in [-0.3, -0.25) is 0 Å². The average Bonchev–Trinajstić information content (AvgIpc) is 2.92. The smallest absolute Gasteiger partial charge is 0.380 e. The second-order valence-electron chi connectivity index (χ2n) is 5.80. The fourth-order valence-electron chi connectivity index (χ4n) is 2.86. The van der Waals surface area contributed by atoms with E-state index in [-0.39, 0.29) is 0 Å². The molecule has 0 fully saturated rings. The molecule has 0 unspecified atom stereocenters. The first-order valence-electron chi connectivity index (χ1n) is 8.13. The molecule has 0 aliphatic heterocycles. The van der Waals surface area contributed by atoms with Gasteiger partial charge < -0.3 is 9.30 Å². The Morgan fingerprint density at radius 2 is 1.88 bits per heavy atom. The summed E-state index contributed by atoms with van der Waals surface area (Å²) in [6, 6.07) is 11.4. The van der Waals surface area contributed by atoms with Gasteiger partial charge in [0.25, 0.3) is 0 Å². The van der Waals surface area contributed by atoms with Crippen molar-refractivity contribution in [1.29, 1.82) is 0 Å². The third kappa shape index (κ3) is 3.54. The topological polar surface area (TPSA) is 27.1 Å². The van der Waals surface area contributed by atoms with Crippen molar-refractivity contribution in [1.82, 2.24) is 9.55 Å². The second-order valence-corrected chi connectivity index (χ2v) is 5.80. The van der Waals surface area contributed by atoms with E-state index in [0.717, 1.165) is 23.3 Å². The summed E-state index contributed by atoms with van der Waals surface area (Å²) in [6.07, 6.45) is -4.38. The Hall–Kier alpha value is -2.34. The molecule has 6 heteroatoms. The first-order valence-corrected chi connectivity index (χ1v) is 8.13. The monoisotopic (exact) mass is 348 g/mol. The maximum absolute atomic E-state index is 13.0. The van der Waals surface area contributed by atoms with Gasteiger partial charge in [0, 0.05) is 18.7 Å². The molecule has 0 atom stereocenters. The molecule has 3 nitrogen and oxygen atoms in total. The summed E-state index contributed by atoms with van der Waals surface area (Å²) in [5, 5.41) is 0. The van der Waals surface area contributed by atoms with Crippen molar-refractivity contribution in [2.24, 2.45) is 0 Å². The van der Waals surface area contributed by atoms with Crippen LogP contribution in [0, 0.1) is 6.92 Å². The summed E-state index contributed by atoms with van der Waals surface area (Å²) >= 11 is 0. The van der Waals surface area contributed by atoms with Crippen LogP contribution < -0.4 is 0 Å².